The summed E-state index contributed by atoms with van der Waals surface area (Å²) in [7, 11) is 0. The van der Waals surface area contributed by atoms with Crippen molar-refractivity contribution in [2.75, 3.05) is 11.9 Å². The Morgan fingerprint density at radius 2 is 1.80 bits per heavy atom. The number of amides is 1. The van der Waals surface area contributed by atoms with Crippen LogP contribution in [0.3, 0.4) is 0 Å². The third kappa shape index (κ3) is 6.19. The zero-order chi connectivity index (χ0) is 18.2. The van der Waals surface area contributed by atoms with E-state index in [1.807, 2.05) is 48.5 Å². The summed E-state index contributed by atoms with van der Waals surface area (Å²) in [5.74, 6) is -0.637. The van der Waals surface area contributed by atoms with Crippen LogP contribution < -0.4 is 5.32 Å². The number of hydrogen-bond acceptors (Lipinski definition) is 3. The first-order valence-corrected chi connectivity index (χ1v) is 8.74. The quantitative estimate of drug-likeness (QED) is 0.560. The monoisotopic (exact) mass is 401 g/mol. The fourth-order valence-electron chi connectivity index (χ4n) is 2.22. The molecule has 0 fully saturated rings. The lowest BCUT2D eigenvalue weighted by atomic mass is 10.0. The predicted octanol–water partition coefficient (Wildman–Crippen LogP) is 4.77. The Bertz CT molecular complexity index is 767. The summed E-state index contributed by atoms with van der Waals surface area (Å²) in [5, 5.41) is 2.78. The van der Waals surface area contributed by atoms with E-state index in [1.54, 1.807) is 6.08 Å². The molecule has 2 aromatic carbocycles. The van der Waals surface area contributed by atoms with Gasteiger partial charge in [-0.05, 0) is 41.3 Å². The van der Waals surface area contributed by atoms with E-state index >= 15 is 0 Å². The van der Waals surface area contributed by atoms with Gasteiger partial charge >= 0.3 is 5.97 Å². The van der Waals surface area contributed by atoms with Gasteiger partial charge in [-0.15, -0.1) is 0 Å². The molecule has 0 unspecified atom stereocenters. The molecule has 0 saturated heterocycles. The normalized spacial score (nSPS) is 10.9. The van der Waals surface area contributed by atoms with E-state index < -0.39 is 5.97 Å². The van der Waals surface area contributed by atoms with Gasteiger partial charge in [-0.3, -0.25) is 4.79 Å². The largest absolute Gasteiger partial charge is 0.452 e. The zero-order valence-electron chi connectivity index (χ0n) is 14.2. The van der Waals surface area contributed by atoms with Crippen LogP contribution in [0.25, 0.3) is 6.08 Å². The van der Waals surface area contributed by atoms with Crippen LogP contribution in [-0.2, 0) is 14.3 Å². The standard InChI is InChI=1S/C20H20BrNO3/c1-14(2)17-5-3-4-6-18(17)22-19(23)13-25-20(24)12-9-15-7-10-16(21)11-8-15/h3-12,14H,13H2,1-2H3,(H,22,23)/b12-9+. The summed E-state index contributed by atoms with van der Waals surface area (Å²) < 4.78 is 5.94. The second kappa shape index (κ2) is 9.18. The molecule has 0 aromatic heterocycles. The van der Waals surface area contributed by atoms with Gasteiger partial charge in [0, 0.05) is 16.2 Å². The lowest BCUT2D eigenvalue weighted by molar-refractivity contribution is -0.142. The average molecular weight is 402 g/mol. The topological polar surface area (TPSA) is 55.4 Å². The fourth-order valence-corrected chi connectivity index (χ4v) is 2.49. The number of halogens is 1. The first kappa shape index (κ1) is 18.9. The van der Waals surface area contributed by atoms with Crippen molar-refractivity contribution in [2.24, 2.45) is 0 Å². The van der Waals surface area contributed by atoms with E-state index in [1.165, 1.54) is 6.08 Å². The molecule has 0 aliphatic heterocycles. The molecule has 0 saturated carbocycles. The van der Waals surface area contributed by atoms with Crippen molar-refractivity contribution in [3.63, 3.8) is 0 Å². The van der Waals surface area contributed by atoms with E-state index in [0.717, 1.165) is 21.3 Å². The average Bonchev–Trinajstić information content (AvgIpc) is 2.59. The van der Waals surface area contributed by atoms with Gasteiger partial charge in [0.05, 0.1) is 0 Å². The Balaban J connectivity index is 1.85. The van der Waals surface area contributed by atoms with Gasteiger partial charge in [-0.2, -0.15) is 0 Å². The molecule has 1 N–H and O–H groups in total. The summed E-state index contributed by atoms with van der Waals surface area (Å²) in [6.07, 6.45) is 2.94. The van der Waals surface area contributed by atoms with Crippen molar-refractivity contribution in [1.29, 1.82) is 0 Å². The number of esters is 1. The number of hydrogen-bond donors (Lipinski definition) is 1. The van der Waals surface area contributed by atoms with Crippen LogP contribution in [0.15, 0.2) is 59.1 Å². The smallest absolute Gasteiger partial charge is 0.331 e. The SMILES string of the molecule is CC(C)c1ccccc1NC(=O)COC(=O)/C=C/c1ccc(Br)cc1. The molecule has 130 valence electrons. The van der Waals surface area contributed by atoms with Crippen molar-refractivity contribution in [2.45, 2.75) is 19.8 Å². The van der Waals surface area contributed by atoms with Crippen molar-refractivity contribution in [3.05, 3.63) is 70.2 Å². The molecule has 0 spiro atoms. The van der Waals surface area contributed by atoms with Gasteiger partial charge in [-0.25, -0.2) is 4.79 Å². The lowest BCUT2D eigenvalue weighted by Crippen LogP contribution is -2.21. The molecule has 0 aliphatic rings. The Kier molecular flexibility index (Phi) is 6.95. The highest BCUT2D eigenvalue weighted by atomic mass is 79.9. The van der Waals surface area contributed by atoms with E-state index in [-0.39, 0.29) is 18.4 Å². The van der Waals surface area contributed by atoms with E-state index in [4.69, 9.17) is 4.74 Å². The maximum Gasteiger partial charge on any atom is 0.331 e. The first-order valence-electron chi connectivity index (χ1n) is 7.95. The van der Waals surface area contributed by atoms with Crippen LogP contribution in [-0.4, -0.2) is 18.5 Å². The fraction of sp³-hybridized carbons (Fsp3) is 0.200. The Morgan fingerprint density at radius 1 is 1.12 bits per heavy atom. The Morgan fingerprint density at radius 3 is 2.48 bits per heavy atom. The maximum absolute atomic E-state index is 12.0. The molecular formula is C20H20BrNO3. The Hall–Kier alpha value is -2.40. The second-order valence-electron chi connectivity index (χ2n) is 5.78. The highest BCUT2D eigenvalue weighted by molar-refractivity contribution is 9.10. The number of rotatable bonds is 6. The highest BCUT2D eigenvalue weighted by Crippen LogP contribution is 2.23. The molecule has 0 radical (unpaired) electrons. The number of carbonyl (C=O) groups is 2. The number of anilines is 1. The predicted molar refractivity (Wildman–Crippen MR) is 103 cm³/mol. The van der Waals surface area contributed by atoms with Crippen molar-refractivity contribution in [1.82, 2.24) is 0 Å². The molecule has 0 heterocycles. The Labute approximate surface area is 156 Å². The van der Waals surface area contributed by atoms with E-state index in [0.29, 0.717) is 0 Å². The molecular weight excluding hydrogens is 382 g/mol. The van der Waals surface area contributed by atoms with Crippen molar-refractivity contribution < 1.29 is 14.3 Å². The summed E-state index contributed by atoms with van der Waals surface area (Å²) in [5.41, 5.74) is 2.65. The molecule has 4 nitrogen and oxygen atoms in total. The minimum Gasteiger partial charge on any atom is -0.452 e. The summed E-state index contributed by atoms with van der Waals surface area (Å²) in [4.78, 5) is 23.7. The van der Waals surface area contributed by atoms with Gasteiger partial charge in [-0.1, -0.05) is 60.1 Å². The number of para-hydroxylation sites is 1. The van der Waals surface area contributed by atoms with E-state index in [2.05, 4.69) is 35.1 Å². The van der Waals surface area contributed by atoms with Gasteiger partial charge in [0.1, 0.15) is 0 Å². The molecule has 2 rings (SSSR count). The summed E-state index contributed by atoms with van der Waals surface area (Å²) in [6, 6.07) is 15.1. The van der Waals surface area contributed by atoms with Crippen molar-refractivity contribution in [3.8, 4) is 0 Å². The number of carbonyl (C=O) groups excluding carboxylic acids is 2. The van der Waals surface area contributed by atoms with Crippen LogP contribution in [0.4, 0.5) is 5.69 Å². The van der Waals surface area contributed by atoms with Gasteiger partial charge in [0.25, 0.3) is 5.91 Å². The molecule has 0 aliphatic carbocycles. The summed E-state index contributed by atoms with van der Waals surface area (Å²) in [6.45, 7) is 3.78. The van der Waals surface area contributed by atoms with Crippen LogP contribution >= 0.6 is 15.9 Å². The van der Waals surface area contributed by atoms with E-state index in [9.17, 15) is 9.59 Å². The van der Waals surface area contributed by atoms with Crippen LogP contribution in [0.5, 0.6) is 0 Å². The number of ether oxygens (including phenoxy) is 1. The minimum atomic E-state index is -0.560. The third-order valence-corrected chi connectivity index (χ3v) is 4.01. The van der Waals surface area contributed by atoms with Gasteiger partial charge in [0.15, 0.2) is 6.61 Å². The third-order valence-electron chi connectivity index (χ3n) is 3.48. The minimum absolute atomic E-state index is 0.285. The highest BCUT2D eigenvalue weighted by Gasteiger charge is 2.10. The van der Waals surface area contributed by atoms with Gasteiger partial charge in [0.2, 0.25) is 0 Å². The molecule has 1 amide bonds. The molecule has 5 heteroatoms. The van der Waals surface area contributed by atoms with Crippen LogP contribution in [0.2, 0.25) is 0 Å². The molecule has 0 atom stereocenters. The van der Waals surface area contributed by atoms with Crippen molar-refractivity contribution >= 4 is 39.6 Å². The molecule has 0 bridgehead atoms. The molecule has 25 heavy (non-hydrogen) atoms. The molecule has 2 aromatic rings. The number of nitrogens with one attached hydrogen (secondary N) is 1. The zero-order valence-corrected chi connectivity index (χ0v) is 15.7. The summed E-state index contributed by atoms with van der Waals surface area (Å²) >= 11 is 3.35. The van der Waals surface area contributed by atoms with Crippen LogP contribution in [0.1, 0.15) is 30.9 Å². The lowest BCUT2D eigenvalue weighted by Gasteiger charge is -2.13. The number of benzene rings is 2. The van der Waals surface area contributed by atoms with Crippen LogP contribution in [0, 0.1) is 0 Å². The van der Waals surface area contributed by atoms with Gasteiger partial charge < -0.3 is 10.1 Å². The second-order valence-corrected chi connectivity index (χ2v) is 6.70. The maximum atomic E-state index is 12.0. The first-order chi connectivity index (χ1) is 12.0.